The molecule has 0 saturated carbocycles. The number of para-hydroxylation sites is 1. The van der Waals surface area contributed by atoms with Crippen LogP contribution < -0.4 is 10.6 Å². The second-order valence-electron chi connectivity index (χ2n) is 6.67. The van der Waals surface area contributed by atoms with Crippen LogP contribution in [0.15, 0.2) is 18.2 Å². The second kappa shape index (κ2) is 7.08. The van der Waals surface area contributed by atoms with E-state index in [0.29, 0.717) is 24.3 Å². The van der Waals surface area contributed by atoms with Crippen molar-refractivity contribution in [3.05, 3.63) is 29.3 Å². The standard InChI is InChI=1S/C18H28N2O/c1-12(2)15-8-5-9-16(13(3)4)18(15)20-17(21)11-14-7-6-10-19-14/h5,8-9,12-14,19H,6-7,10-11H2,1-4H3,(H,20,21). The van der Waals surface area contributed by atoms with Gasteiger partial charge in [-0.3, -0.25) is 4.79 Å². The van der Waals surface area contributed by atoms with Crippen LogP contribution in [0.2, 0.25) is 0 Å². The van der Waals surface area contributed by atoms with E-state index in [0.717, 1.165) is 18.7 Å². The lowest BCUT2D eigenvalue weighted by molar-refractivity contribution is -0.116. The van der Waals surface area contributed by atoms with Crippen molar-refractivity contribution in [1.82, 2.24) is 5.32 Å². The maximum atomic E-state index is 12.4. The molecule has 1 aromatic carbocycles. The van der Waals surface area contributed by atoms with Crippen molar-refractivity contribution in [2.24, 2.45) is 0 Å². The van der Waals surface area contributed by atoms with Gasteiger partial charge in [0.1, 0.15) is 0 Å². The van der Waals surface area contributed by atoms with Gasteiger partial charge in [0.2, 0.25) is 5.91 Å². The van der Waals surface area contributed by atoms with Crippen molar-refractivity contribution in [1.29, 1.82) is 0 Å². The molecule has 0 aromatic heterocycles. The molecule has 1 aliphatic rings. The number of hydrogen-bond acceptors (Lipinski definition) is 2. The van der Waals surface area contributed by atoms with E-state index in [4.69, 9.17) is 0 Å². The highest BCUT2D eigenvalue weighted by molar-refractivity contribution is 5.93. The SMILES string of the molecule is CC(C)c1cccc(C(C)C)c1NC(=O)CC1CCCN1. The summed E-state index contributed by atoms with van der Waals surface area (Å²) < 4.78 is 0. The molecule has 3 heteroatoms. The molecule has 116 valence electrons. The molecule has 1 saturated heterocycles. The first-order chi connectivity index (χ1) is 9.99. The van der Waals surface area contributed by atoms with Gasteiger partial charge in [-0.15, -0.1) is 0 Å². The molecule has 3 nitrogen and oxygen atoms in total. The third-order valence-electron chi connectivity index (χ3n) is 4.23. The van der Waals surface area contributed by atoms with Crippen molar-refractivity contribution in [2.45, 2.75) is 64.8 Å². The Morgan fingerprint density at radius 2 is 1.86 bits per heavy atom. The van der Waals surface area contributed by atoms with E-state index in [-0.39, 0.29) is 5.91 Å². The minimum absolute atomic E-state index is 0.129. The number of carbonyl (C=O) groups is 1. The molecule has 1 unspecified atom stereocenters. The first kappa shape index (κ1) is 16.0. The predicted octanol–water partition coefficient (Wildman–Crippen LogP) is 4.01. The quantitative estimate of drug-likeness (QED) is 0.859. The van der Waals surface area contributed by atoms with E-state index in [1.54, 1.807) is 0 Å². The van der Waals surface area contributed by atoms with Crippen molar-refractivity contribution in [3.8, 4) is 0 Å². The highest BCUT2D eigenvalue weighted by atomic mass is 16.1. The fraction of sp³-hybridized carbons (Fsp3) is 0.611. The fourth-order valence-corrected chi connectivity index (χ4v) is 3.04. The Hall–Kier alpha value is -1.35. The lowest BCUT2D eigenvalue weighted by Crippen LogP contribution is -2.28. The summed E-state index contributed by atoms with van der Waals surface area (Å²) >= 11 is 0. The maximum Gasteiger partial charge on any atom is 0.225 e. The van der Waals surface area contributed by atoms with E-state index >= 15 is 0 Å². The smallest absolute Gasteiger partial charge is 0.225 e. The molecular weight excluding hydrogens is 260 g/mol. The van der Waals surface area contributed by atoms with Crippen LogP contribution in [0.5, 0.6) is 0 Å². The minimum Gasteiger partial charge on any atom is -0.326 e. The van der Waals surface area contributed by atoms with E-state index in [2.05, 4.69) is 56.5 Å². The van der Waals surface area contributed by atoms with Gasteiger partial charge in [0.05, 0.1) is 0 Å². The van der Waals surface area contributed by atoms with Gasteiger partial charge in [0, 0.05) is 18.2 Å². The average molecular weight is 288 g/mol. The number of hydrogen-bond donors (Lipinski definition) is 2. The zero-order valence-corrected chi connectivity index (χ0v) is 13.7. The Labute approximate surface area is 128 Å². The molecule has 0 bridgehead atoms. The van der Waals surface area contributed by atoms with Crippen LogP contribution in [0.4, 0.5) is 5.69 Å². The van der Waals surface area contributed by atoms with Crippen LogP contribution in [0, 0.1) is 0 Å². The van der Waals surface area contributed by atoms with Crippen LogP contribution >= 0.6 is 0 Å². The Morgan fingerprint density at radius 3 is 2.33 bits per heavy atom. The summed E-state index contributed by atoms with van der Waals surface area (Å²) in [6, 6.07) is 6.69. The number of anilines is 1. The molecule has 21 heavy (non-hydrogen) atoms. The Bertz CT molecular complexity index is 462. The zero-order valence-electron chi connectivity index (χ0n) is 13.7. The van der Waals surface area contributed by atoms with Crippen molar-refractivity contribution in [3.63, 3.8) is 0 Å². The zero-order chi connectivity index (χ0) is 15.4. The number of carbonyl (C=O) groups excluding carboxylic acids is 1. The summed E-state index contributed by atoms with van der Waals surface area (Å²) in [5.41, 5.74) is 3.49. The Kier molecular flexibility index (Phi) is 5.40. The highest BCUT2D eigenvalue weighted by Gasteiger charge is 2.20. The molecule has 0 spiro atoms. The minimum atomic E-state index is 0.129. The maximum absolute atomic E-state index is 12.4. The van der Waals surface area contributed by atoms with Crippen molar-refractivity contribution in [2.75, 3.05) is 11.9 Å². The summed E-state index contributed by atoms with van der Waals surface area (Å²) in [4.78, 5) is 12.4. The normalized spacial score (nSPS) is 18.5. The topological polar surface area (TPSA) is 41.1 Å². The number of benzene rings is 1. The first-order valence-electron chi connectivity index (χ1n) is 8.15. The van der Waals surface area contributed by atoms with Gasteiger partial charge in [-0.05, 0) is 42.3 Å². The van der Waals surface area contributed by atoms with Gasteiger partial charge in [-0.25, -0.2) is 0 Å². The third kappa shape index (κ3) is 4.07. The van der Waals surface area contributed by atoms with E-state index in [9.17, 15) is 4.79 Å². The molecule has 0 radical (unpaired) electrons. The average Bonchev–Trinajstić information content (AvgIpc) is 2.91. The lowest BCUT2D eigenvalue weighted by atomic mass is 9.92. The monoisotopic (exact) mass is 288 g/mol. The largest absolute Gasteiger partial charge is 0.326 e. The molecule has 1 heterocycles. The molecule has 0 aliphatic carbocycles. The summed E-state index contributed by atoms with van der Waals surface area (Å²) in [7, 11) is 0. The van der Waals surface area contributed by atoms with Crippen LogP contribution in [-0.4, -0.2) is 18.5 Å². The van der Waals surface area contributed by atoms with Gasteiger partial charge < -0.3 is 10.6 Å². The van der Waals surface area contributed by atoms with Crippen LogP contribution in [-0.2, 0) is 4.79 Å². The van der Waals surface area contributed by atoms with Crippen molar-refractivity contribution < 1.29 is 4.79 Å². The van der Waals surface area contributed by atoms with Gasteiger partial charge in [0.25, 0.3) is 0 Å². The summed E-state index contributed by atoms with van der Waals surface area (Å²) in [6.45, 7) is 9.74. The Balaban J connectivity index is 2.18. The predicted molar refractivity (Wildman–Crippen MR) is 88.9 cm³/mol. The summed E-state index contributed by atoms with van der Waals surface area (Å²) in [5, 5.41) is 6.58. The third-order valence-corrected chi connectivity index (χ3v) is 4.23. The first-order valence-corrected chi connectivity index (χ1v) is 8.15. The molecular formula is C18H28N2O. The van der Waals surface area contributed by atoms with Gasteiger partial charge in [-0.2, -0.15) is 0 Å². The van der Waals surface area contributed by atoms with Gasteiger partial charge in [0.15, 0.2) is 0 Å². The van der Waals surface area contributed by atoms with Crippen LogP contribution in [0.25, 0.3) is 0 Å². The Morgan fingerprint density at radius 1 is 1.24 bits per heavy atom. The van der Waals surface area contributed by atoms with Crippen molar-refractivity contribution >= 4 is 11.6 Å². The van der Waals surface area contributed by atoms with Gasteiger partial charge in [-0.1, -0.05) is 45.9 Å². The molecule has 2 N–H and O–H groups in total. The number of amides is 1. The molecule has 2 rings (SSSR count). The number of rotatable bonds is 5. The van der Waals surface area contributed by atoms with Crippen LogP contribution in [0.1, 0.15) is 69.9 Å². The molecule has 1 fully saturated rings. The van der Waals surface area contributed by atoms with E-state index in [1.165, 1.54) is 17.5 Å². The summed E-state index contributed by atoms with van der Waals surface area (Å²) in [5.74, 6) is 0.941. The molecule has 1 aromatic rings. The second-order valence-corrected chi connectivity index (χ2v) is 6.67. The lowest BCUT2D eigenvalue weighted by Gasteiger charge is -2.21. The summed E-state index contributed by atoms with van der Waals surface area (Å²) in [6.07, 6.45) is 2.86. The van der Waals surface area contributed by atoms with Crippen LogP contribution in [0.3, 0.4) is 0 Å². The molecule has 1 aliphatic heterocycles. The molecule has 1 amide bonds. The molecule has 1 atom stereocenters. The highest BCUT2D eigenvalue weighted by Crippen LogP contribution is 2.32. The van der Waals surface area contributed by atoms with Gasteiger partial charge >= 0.3 is 0 Å². The van der Waals surface area contributed by atoms with E-state index < -0.39 is 0 Å². The fourth-order valence-electron chi connectivity index (χ4n) is 3.04. The van der Waals surface area contributed by atoms with E-state index in [1.807, 2.05) is 0 Å². The number of nitrogens with one attached hydrogen (secondary N) is 2.